The number of anilines is 1. The Balaban J connectivity index is 1.52. The minimum absolute atomic E-state index is 0.0769. The molecule has 0 saturated carbocycles. The third-order valence-electron chi connectivity index (χ3n) is 4.56. The van der Waals surface area contributed by atoms with E-state index in [1.54, 1.807) is 18.5 Å². The monoisotopic (exact) mass is 353 g/mol. The molecular formula is C19H22N6O. The van der Waals surface area contributed by atoms with Crippen molar-refractivity contribution in [3.8, 4) is 11.3 Å². The van der Waals surface area contributed by atoms with E-state index in [1.165, 1.54) is 18.8 Å². The van der Waals surface area contributed by atoms with Crippen LogP contribution in [0.3, 0.4) is 0 Å². The van der Waals surface area contributed by atoms with Crippen molar-refractivity contribution >= 4 is 22.5 Å². The lowest BCUT2D eigenvalue weighted by molar-refractivity contribution is -0.117. The van der Waals surface area contributed by atoms with Crippen LogP contribution < -0.4 is 5.32 Å². The van der Waals surface area contributed by atoms with Crippen LogP contribution in [-0.4, -0.2) is 50.2 Å². The zero-order valence-electron chi connectivity index (χ0n) is 17.4. The maximum atomic E-state index is 12.3. The molecule has 7 heteroatoms. The van der Waals surface area contributed by atoms with E-state index in [0.29, 0.717) is 23.6 Å². The lowest BCUT2D eigenvalue weighted by atomic mass is 10.1. The van der Waals surface area contributed by atoms with Crippen molar-refractivity contribution in [1.29, 1.82) is 0 Å². The smallest absolute Gasteiger partial charge is 0.239 e. The summed E-state index contributed by atoms with van der Waals surface area (Å²) in [5.74, 6) is 0.404. The number of aromatic nitrogens is 4. The van der Waals surface area contributed by atoms with E-state index < -0.39 is 6.98 Å². The first kappa shape index (κ1) is 13.4. The van der Waals surface area contributed by atoms with Crippen molar-refractivity contribution in [3.05, 3.63) is 36.9 Å². The highest BCUT2D eigenvalue weighted by atomic mass is 16.2. The normalized spacial score (nSPS) is 17.5. The van der Waals surface area contributed by atoms with Gasteiger partial charge < -0.3 is 5.32 Å². The standard InChI is InChI=1S/C19H22N6O/c1-24-12-16(11-22-24)17-7-14-8-18(21-10-15(14)9-20-17)23-19(26)13-25-5-3-2-4-6-25/h7-12H,2-6,13H2,1H3,(H,21,23,26)/i1D3. The summed E-state index contributed by atoms with van der Waals surface area (Å²) in [5, 5.41) is 8.43. The molecule has 7 nitrogen and oxygen atoms in total. The number of nitrogens with zero attached hydrogens (tertiary/aromatic N) is 5. The summed E-state index contributed by atoms with van der Waals surface area (Å²) in [7, 11) is 0. The molecular weight excluding hydrogens is 328 g/mol. The molecule has 26 heavy (non-hydrogen) atoms. The number of aryl methyl sites for hydroxylation is 1. The molecule has 0 unspecified atom stereocenters. The van der Waals surface area contributed by atoms with Crippen LogP contribution in [0, 0.1) is 0 Å². The molecule has 4 heterocycles. The number of amides is 1. The molecule has 0 aliphatic carbocycles. The van der Waals surface area contributed by atoms with E-state index in [4.69, 9.17) is 4.11 Å². The van der Waals surface area contributed by atoms with Crippen molar-refractivity contribution in [2.24, 2.45) is 6.98 Å². The number of piperidine rings is 1. The van der Waals surface area contributed by atoms with Gasteiger partial charge >= 0.3 is 0 Å². The lowest BCUT2D eigenvalue weighted by Gasteiger charge is -2.25. The molecule has 3 aromatic rings. The first-order valence-corrected chi connectivity index (χ1v) is 8.72. The summed E-state index contributed by atoms with van der Waals surface area (Å²) in [6.45, 7) is -0.0461. The lowest BCUT2D eigenvalue weighted by Crippen LogP contribution is -2.36. The second-order valence-electron chi connectivity index (χ2n) is 6.54. The Labute approximate surface area is 156 Å². The molecule has 0 spiro atoms. The third-order valence-corrected chi connectivity index (χ3v) is 4.56. The van der Waals surface area contributed by atoms with Crippen LogP contribution >= 0.6 is 0 Å². The molecule has 0 aromatic carbocycles. The van der Waals surface area contributed by atoms with Gasteiger partial charge in [0.1, 0.15) is 5.82 Å². The van der Waals surface area contributed by atoms with Gasteiger partial charge in [0.05, 0.1) is 18.4 Å². The van der Waals surface area contributed by atoms with Crippen molar-refractivity contribution in [1.82, 2.24) is 24.6 Å². The number of hydrogen-bond donors (Lipinski definition) is 1. The molecule has 3 aromatic heterocycles. The first-order chi connectivity index (χ1) is 13.9. The summed E-state index contributed by atoms with van der Waals surface area (Å²) < 4.78 is 23.2. The Morgan fingerprint density at radius 1 is 1.15 bits per heavy atom. The second kappa shape index (κ2) is 7.21. The molecule has 1 saturated heterocycles. The zero-order chi connectivity index (χ0) is 20.4. The van der Waals surface area contributed by atoms with Gasteiger partial charge in [-0.25, -0.2) is 4.98 Å². The quantitative estimate of drug-likeness (QED) is 0.780. The molecule has 1 amide bonds. The zero-order valence-corrected chi connectivity index (χ0v) is 14.4. The fraction of sp³-hybridized carbons (Fsp3) is 0.368. The number of hydrogen-bond acceptors (Lipinski definition) is 5. The number of nitrogens with one attached hydrogen (secondary N) is 1. The van der Waals surface area contributed by atoms with E-state index in [-0.39, 0.29) is 5.91 Å². The van der Waals surface area contributed by atoms with E-state index in [1.807, 2.05) is 6.07 Å². The van der Waals surface area contributed by atoms with Crippen LogP contribution in [0.25, 0.3) is 22.0 Å². The molecule has 4 rings (SSSR count). The molecule has 134 valence electrons. The fourth-order valence-corrected chi connectivity index (χ4v) is 3.22. The largest absolute Gasteiger partial charge is 0.310 e. The Hall–Kier alpha value is -2.80. The molecule has 0 radical (unpaired) electrons. The van der Waals surface area contributed by atoms with Crippen LogP contribution in [-0.2, 0) is 11.8 Å². The molecule has 0 bridgehead atoms. The number of likely N-dealkylation sites (tertiary alicyclic amines) is 1. The molecule has 1 N–H and O–H groups in total. The highest BCUT2D eigenvalue weighted by molar-refractivity contribution is 5.94. The van der Waals surface area contributed by atoms with Gasteiger partial charge in [0.25, 0.3) is 0 Å². The molecule has 0 atom stereocenters. The van der Waals surface area contributed by atoms with Crippen molar-refractivity contribution in [2.75, 3.05) is 25.0 Å². The van der Waals surface area contributed by atoms with Crippen LogP contribution in [0.5, 0.6) is 0 Å². The van der Waals surface area contributed by atoms with Gasteiger partial charge in [-0.3, -0.25) is 19.4 Å². The number of carbonyl (C=O) groups is 1. The molecule has 1 aliphatic rings. The Morgan fingerprint density at radius 2 is 2.00 bits per heavy atom. The number of pyridine rings is 2. The summed E-state index contributed by atoms with van der Waals surface area (Å²) >= 11 is 0. The third kappa shape index (κ3) is 3.72. The maximum absolute atomic E-state index is 12.3. The summed E-state index contributed by atoms with van der Waals surface area (Å²) in [4.78, 5) is 23.2. The number of carbonyl (C=O) groups excluding carboxylic acids is 1. The van der Waals surface area contributed by atoms with Gasteiger partial charge in [0, 0.05) is 40.6 Å². The van der Waals surface area contributed by atoms with Crippen LogP contribution in [0.4, 0.5) is 5.82 Å². The maximum Gasteiger partial charge on any atom is 0.239 e. The van der Waals surface area contributed by atoms with Crippen LogP contribution in [0.2, 0.25) is 0 Å². The minimum Gasteiger partial charge on any atom is -0.310 e. The predicted molar refractivity (Wildman–Crippen MR) is 101 cm³/mol. The van der Waals surface area contributed by atoms with Crippen molar-refractivity contribution in [3.63, 3.8) is 0 Å². The van der Waals surface area contributed by atoms with E-state index in [2.05, 4.69) is 25.3 Å². The average molecular weight is 353 g/mol. The van der Waals surface area contributed by atoms with Gasteiger partial charge in [-0.05, 0) is 43.5 Å². The highest BCUT2D eigenvalue weighted by Crippen LogP contribution is 2.22. The Morgan fingerprint density at radius 3 is 2.81 bits per heavy atom. The average Bonchev–Trinajstić information content (AvgIpc) is 3.19. The SMILES string of the molecule is [2H]C([2H])([2H])n1cc(-c2cc3cc(NC(=O)CN4CCCCC4)ncc3cn2)cn1. The summed E-state index contributed by atoms with van der Waals surface area (Å²) in [6, 6.07) is 3.63. The van der Waals surface area contributed by atoms with Gasteiger partial charge in [0.2, 0.25) is 5.91 Å². The summed E-state index contributed by atoms with van der Waals surface area (Å²) in [5.41, 5.74) is 1.21. The highest BCUT2D eigenvalue weighted by Gasteiger charge is 2.14. The second-order valence-corrected chi connectivity index (χ2v) is 6.54. The van der Waals surface area contributed by atoms with Crippen LogP contribution in [0.1, 0.15) is 23.4 Å². The first-order valence-electron chi connectivity index (χ1n) is 10.2. The van der Waals surface area contributed by atoms with Crippen molar-refractivity contribution < 1.29 is 8.91 Å². The van der Waals surface area contributed by atoms with Gasteiger partial charge in [0.15, 0.2) is 0 Å². The van der Waals surface area contributed by atoms with Crippen molar-refractivity contribution in [2.45, 2.75) is 19.3 Å². The van der Waals surface area contributed by atoms with E-state index in [9.17, 15) is 4.79 Å². The van der Waals surface area contributed by atoms with Gasteiger partial charge in [-0.1, -0.05) is 6.42 Å². The number of rotatable bonds is 4. The van der Waals surface area contributed by atoms with Crippen LogP contribution in [0.15, 0.2) is 36.9 Å². The summed E-state index contributed by atoms with van der Waals surface area (Å²) in [6.07, 6.45) is 9.75. The Kier molecular flexibility index (Phi) is 3.72. The Bertz CT molecular complexity index is 1030. The van der Waals surface area contributed by atoms with Gasteiger partial charge in [-0.2, -0.15) is 5.10 Å². The molecule has 1 aliphatic heterocycles. The number of fused-ring (bicyclic) bond motifs is 1. The predicted octanol–water partition coefficient (Wildman–Crippen LogP) is 2.45. The topological polar surface area (TPSA) is 75.9 Å². The van der Waals surface area contributed by atoms with Gasteiger partial charge in [-0.15, -0.1) is 0 Å². The molecule has 1 fully saturated rings. The fourth-order valence-electron chi connectivity index (χ4n) is 3.22. The van der Waals surface area contributed by atoms with E-state index in [0.717, 1.165) is 41.4 Å². The van der Waals surface area contributed by atoms with E-state index >= 15 is 0 Å². The minimum atomic E-state index is -2.33.